The number of rotatable bonds is 4. The van der Waals surface area contributed by atoms with Crippen molar-refractivity contribution < 1.29 is 5.11 Å². The SMILES string of the molecule is Cc1ccc(-c2nc(C)c(CCCO)s2)cc1C. The van der Waals surface area contributed by atoms with E-state index in [0.717, 1.165) is 23.5 Å². The first-order valence-corrected chi connectivity index (χ1v) is 7.08. The molecule has 3 heteroatoms. The Morgan fingerprint density at radius 1 is 1.17 bits per heavy atom. The van der Waals surface area contributed by atoms with Gasteiger partial charge in [0.2, 0.25) is 0 Å². The molecule has 2 aromatic rings. The van der Waals surface area contributed by atoms with Gasteiger partial charge in [-0.2, -0.15) is 0 Å². The van der Waals surface area contributed by atoms with Crippen molar-refractivity contribution in [2.24, 2.45) is 0 Å². The lowest BCUT2D eigenvalue weighted by atomic mass is 10.1. The maximum atomic E-state index is 8.89. The number of nitrogens with zero attached hydrogens (tertiary/aromatic N) is 1. The molecule has 18 heavy (non-hydrogen) atoms. The first-order valence-electron chi connectivity index (χ1n) is 6.26. The van der Waals surface area contributed by atoms with Crippen molar-refractivity contribution in [3.63, 3.8) is 0 Å². The van der Waals surface area contributed by atoms with Crippen LogP contribution in [0, 0.1) is 20.8 Å². The minimum absolute atomic E-state index is 0.246. The van der Waals surface area contributed by atoms with Gasteiger partial charge in [0.15, 0.2) is 0 Å². The zero-order valence-corrected chi connectivity index (χ0v) is 12.0. The standard InChI is InChI=1S/C15H19NOS/c1-10-6-7-13(9-11(10)2)15-16-12(3)14(18-15)5-4-8-17/h6-7,9,17H,4-5,8H2,1-3H3. The first kappa shape index (κ1) is 13.2. The lowest BCUT2D eigenvalue weighted by Gasteiger charge is -2.01. The third-order valence-electron chi connectivity index (χ3n) is 3.21. The fourth-order valence-electron chi connectivity index (χ4n) is 1.90. The van der Waals surface area contributed by atoms with E-state index in [9.17, 15) is 0 Å². The van der Waals surface area contributed by atoms with Crippen molar-refractivity contribution in [2.75, 3.05) is 6.61 Å². The van der Waals surface area contributed by atoms with Crippen molar-refractivity contribution >= 4 is 11.3 Å². The highest BCUT2D eigenvalue weighted by Crippen LogP contribution is 2.29. The third kappa shape index (κ3) is 2.79. The van der Waals surface area contributed by atoms with Gasteiger partial charge in [0, 0.05) is 17.0 Å². The summed E-state index contributed by atoms with van der Waals surface area (Å²) in [7, 11) is 0. The Balaban J connectivity index is 2.30. The summed E-state index contributed by atoms with van der Waals surface area (Å²) in [5, 5.41) is 9.98. The van der Waals surface area contributed by atoms with Gasteiger partial charge in [-0.1, -0.05) is 12.1 Å². The second kappa shape index (κ2) is 5.63. The van der Waals surface area contributed by atoms with Crippen molar-refractivity contribution in [3.05, 3.63) is 39.9 Å². The van der Waals surface area contributed by atoms with Gasteiger partial charge in [0.05, 0.1) is 5.69 Å². The number of aromatic nitrogens is 1. The third-order valence-corrected chi connectivity index (χ3v) is 4.47. The molecule has 96 valence electrons. The minimum Gasteiger partial charge on any atom is -0.396 e. The number of hydrogen-bond acceptors (Lipinski definition) is 3. The van der Waals surface area contributed by atoms with Crippen LogP contribution >= 0.6 is 11.3 Å². The van der Waals surface area contributed by atoms with E-state index in [1.165, 1.54) is 21.6 Å². The lowest BCUT2D eigenvalue weighted by Crippen LogP contribution is -1.88. The smallest absolute Gasteiger partial charge is 0.123 e. The summed E-state index contributed by atoms with van der Waals surface area (Å²) in [5.41, 5.74) is 4.91. The van der Waals surface area contributed by atoms with Gasteiger partial charge in [-0.05, 0) is 50.8 Å². The normalized spacial score (nSPS) is 10.9. The molecular formula is C15H19NOS. The van der Waals surface area contributed by atoms with Gasteiger partial charge in [-0.25, -0.2) is 4.98 Å². The molecule has 1 heterocycles. The Bertz CT molecular complexity index is 545. The molecule has 0 amide bonds. The van der Waals surface area contributed by atoms with E-state index in [1.54, 1.807) is 11.3 Å². The van der Waals surface area contributed by atoms with Crippen molar-refractivity contribution in [3.8, 4) is 10.6 Å². The highest BCUT2D eigenvalue weighted by atomic mass is 32.1. The summed E-state index contributed by atoms with van der Waals surface area (Å²) in [5.74, 6) is 0. The molecule has 0 bridgehead atoms. The maximum absolute atomic E-state index is 8.89. The molecule has 2 rings (SSSR count). The molecule has 1 aromatic carbocycles. The molecule has 1 aromatic heterocycles. The maximum Gasteiger partial charge on any atom is 0.123 e. The largest absolute Gasteiger partial charge is 0.396 e. The predicted molar refractivity (Wildman–Crippen MR) is 77.2 cm³/mol. The molecule has 0 spiro atoms. The monoisotopic (exact) mass is 261 g/mol. The molecule has 0 saturated carbocycles. The summed E-state index contributed by atoms with van der Waals surface area (Å²) in [4.78, 5) is 5.93. The molecule has 0 radical (unpaired) electrons. The second-order valence-electron chi connectivity index (χ2n) is 4.65. The summed E-state index contributed by atoms with van der Waals surface area (Å²) >= 11 is 1.74. The Morgan fingerprint density at radius 3 is 2.61 bits per heavy atom. The van der Waals surface area contributed by atoms with Crippen LogP contribution in [0.3, 0.4) is 0 Å². The quantitative estimate of drug-likeness (QED) is 0.911. The van der Waals surface area contributed by atoms with E-state index in [0.29, 0.717) is 0 Å². The number of aryl methyl sites for hydroxylation is 4. The molecular weight excluding hydrogens is 242 g/mol. The Labute approximate surface area is 112 Å². The van der Waals surface area contributed by atoms with E-state index in [1.807, 2.05) is 6.92 Å². The minimum atomic E-state index is 0.246. The van der Waals surface area contributed by atoms with Crippen LogP contribution in [0.2, 0.25) is 0 Å². The second-order valence-corrected chi connectivity index (χ2v) is 5.74. The Morgan fingerprint density at radius 2 is 1.94 bits per heavy atom. The first-order chi connectivity index (χ1) is 8.61. The Kier molecular flexibility index (Phi) is 4.15. The summed E-state index contributed by atoms with van der Waals surface area (Å²) in [6.07, 6.45) is 1.74. The van der Waals surface area contributed by atoms with Crippen molar-refractivity contribution in [2.45, 2.75) is 33.6 Å². The molecule has 2 nitrogen and oxygen atoms in total. The number of benzene rings is 1. The van der Waals surface area contributed by atoms with Crippen LogP contribution in [0.4, 0.5) is 0 Å². The predicted octanol–water partition coefficient (Wildman–Crippen LogP) is 3.66. The number of aliphatic hydroxyl groups is 1. The van der Waals surface area contributed by atoms with E-state index in [-0.39, 0.29) is 6.61 Å². The van der Waals surface area contributed by atoms with Crippen LogP contribution in [-0.2, 0) is 6.42 Å². The molecule has 0 aliphatic rings. The molecule has 0 saturated heterocycles. The highest BCUT2D eigenvalue weighted by molar-refractivity contribution is 7.15. The van der Waals surface area contributed by atoms with Crippen LogP contribution in [0.15, 0.2) is 18.2 Å². The zero-order chi connectivity index (χ0) is 13.1. The van der Waals surface area contributed by atoms with Crippen LogP contribution in [0.1, 0.15) is 28.1 Å². The van der Waals surface area contributed by atoms with Gasteiger partial charge in [0.25, 0.3) is 0 Å². The van der Waals surface area contributed by atoms with Crippen LogP contribution in [-0.4, -0.2) is 16.7 Å². The van der Waals surface area contributed by atoms with E-state index >= 15 is 0 Å². The Hall–Kier alpha value is -1.19. The van der Waals surface area contributed by atoms with Gasteiger partial charge >= 0.3 is 0 Å². The van der Waals surface area contributed by atoms with E-state index in [2.05, 4.69) is 37.0 Å². The summed E-state index contributed by atoms with van der Waals surface area (Å²) in [6, 6.07) is 6.48. The highest BCUT2D eigenvalue weighted by Gasteiger charge is 2.09. The van der Waals surface area contributed by atoms with Crippen LogP contribution in [0.5, 0.6) is 0 Å². The molecule has 0 fully saturated rings. The zero-order valence-electron chi connectivity index (χ0n) is 11.2. The van der Waals surface area contributed by atoms with Crippen molar-refractivity contribution in [1.29, 1.82) is 0 Å². The number of aliphatic hydroxyl groups excluding tert-OH is 1. The molecule has 0 aliphatic carbocycles. The summed E-state index contributed by atoms with van der Waals surface area (Å²) < 4.78 is 0. The topological polar surface area (TPSA) is 33.1 Å². The van der Waals surface area contributed by atoms with Gasteiger partial charge < -0.3 is 5.11 Å². The van der Waals surface area contributed by atoms with Crippen LogP contribution < -0.4 is 0 Å². The number of thiazole rings is 1. The number of hydrogen-bond donors (Lipinski definition) is 1. The fraction of sp³-hybridized carbons (Fsp3) is 0.400. The molecule has 0 unspecified atom stereocenters. The summed E-state index contributed by atoms with van der Waals surface area (Å²) in [6.45, 7) is 6.55. The van der Waals surface area contributed by atoms with Crippen molar-refractivity contribution in [1.82, 2.24) is 4.98 Å². The molecule has 1 N–H and O–H groups in total. The van der Waals surface area contributed by atoms with E-state index < -0.39 is 0 Å². The van der Waals surface area contributed by atoms with Gasteiger partial charge in [-0.3, -0.25) is 0 Å². The van der Waals surface area contributed by atoms with Crippen LogP contribution in [0.25, 0.3) is 10.6 Å². The van der Waals surface area contributed by atoms with E-state index in [4.69, 9.17) is 5.11 Å². The molecule has 0 aliphatic heterocycles. The average Bonchev–Trinajstić information content (AvgIpc) is 2.72. The fourth-order valence-corrected chi connectivity index (χ4v) is 3.00. The average molecular weight is 261 g/mol. The lowest BCUT2D eigenvalue weighted by molar-refractivity contribution is 0.289. The molecule has 0 atom stereocenters. The van der Waals surface area contributed by atoms with Gasteiger partial charge in [0.1, 0.15) is 5.01 Å². The van der Waals surface area contributed by atoms with Gasteiger partial charge in [-0.15, -0.1) is 11.3 Å².